The summed E-state index contributed by atoms with van der Waals surface area (Å²) in [6.07, 6.45) is 0. The van der Waals surface area contributed by atoms with Crippen LogP contribution in [-0.4, -0.2) is 18.4 Å². The first-order valence-electron chi connectivity index (χ1n) is 5.36. The van der Waals surface area contributed by atoms with Gasteiger partial charge in [-0.1, -0.05) is 6.58 Å². The highest BCUT2D eigenvalue weighted by Crippen LogP contribution is 2.21. The van der Waals surface area contributed by atoms with E-state index in [1.807, 2.05) is 0 Å². The Kier molecular flexibility index (Phi) is 4.47. The van der Waals surface area contributed by atoms with Gasteiger partial charge in [0.05, 0.1) is 12.2 Å². The Morgan fingerprint density at radius 3 is 2.37 bits per heavy atom. The van der Waals surface area contributed by atoms with Gasteiger partial charge in [-0.05, 0) is 19.9 Å². The van der Waals surface area contributed by atoms with Gasteiger partial charge in [-0.25, -0.2) is 18.0 Å². The summed E-state index contributed by atoms with van der Waals surface area (Å²) in [5.41, 5.74) is -2.04. The van der Waals surface area contributed by atoms with Crippen molar-refractivity contribution in [3.8, 4) is 0 Å². The molecule has 0 spiro atoms. The summed E-state index contributed by atoms with van der Waals surface area (Å²) in [5.74, 6) is -6.16. The van der Waals surface area contributed by atoms with Gasteiger partial charge < -0.3 is 4.74 Å². The predicted octanol–water partition coefficient (Wildman–Crippen LogP) is 2.71. The third-order valence-electron chi connectivity index (χ3n) is 2.42. The van der Waals surface area contributed by atoms with Crippen LogP contribution in [0.25, 0.3) is 0 Å². The third kappa shape index (κ3) is 2.83. The van der Waals surface area contributed by atoms with Crippen LogP contribution in [0, 0.1) is 24.4 Å². The summed E-state index contributed by atoms with van der Waals surface area (Å²) in [5, 5.41) is 0. The third-order valence-corrected chi connectivity index (χ3v) is 2.42. The second kappa shape index (κ2) is 5.69. The highest BCUT2D eigenvalue weighted by Gasteiger charge is 2.25. The lowest BCUT2D eigenvalue weighted by Crippen LogP contribution is -2.17. The first-order chi connectivity index (χ1) is 8.81. The molecule has 1 aromatic carbocycles. The van der Waals surface area contributed by atoms with Crippen LogP contribution in [0.2, 0.25) is 0 Å². The van der Waals surface area contributed by atoms with Gasteiger partial charge in [-0.3, -0.25) is 4.79 Å². The Labute approximate surface area is 107 Å². The molecule has 19 heavy (non-hydrogen) atoms. The van der Waals surface area contributed by atoms with Crippen LogP contribution in [0.5, 0.6) is 0 Å². The normalized spacial score (nSPS) is 10.2. The summed E-state index contributed by atoms with van der Waals surface area (Å²) in [6, 6.07) is 0.393. The van der Waals surface area contributed by atoms with E-state index < -0.39 is 45.9 Å². The maximum atomic E-state index is 13.7. The Hall–Kier alpha value is -2.11. The molecule has 0 aromatic heterocycles. The minimum Gasteiger partial charge on any atom is -0.462 e. The summed E-state index contributed by atoms with van der Waals surface area (Å²) in [4.78, 5) is 23.0. The molecule has 3 nitrogen and oxygen atoms in total. The summed E-state index contributed by atoms with van der Waals surface area (Å²) in [6.45, 7) is 5.67. The number of carbonyl (C=O) groups is 2. The minimum atomic E-state index is -1.38. The molecule has 1 aromatic rings. The fourth-order valence-electron chi connectivity index (χ4n) is 1.37. The van der Waals surface area contributed by atoms with Crippen LogP contribution in [0.1, 0.15) is 22.8 Å². The van der Waals surface area contributed by atoms with Gasteiger partial charge in [0.1, 0.15) is 11.4 Å². The highest BCUT2D eigenvalue weighted by molar-refractivity contribution is 6.23. The number of hydrogen-bond donors (Lipinski definition) is 0. The van der Waals surface area contributed by atoms with Crippen molar-refractivity contribution in [1.29, 1.82) is 0 Å². The fourth-order valence-corrected chi connectivity index (χ4v) is 1.37. The number of ether oxygens (including phenoxy) is 1. The molecule has 0 aliphatic carbocycles. The predicted molar refractivity (Wildman–Crippen MR) is 61.2 cm³/mol. The van der Waals surface area contributed by atoms with E-state index in [2.05, 4.69) is 11.3 Å². The molecule has 102 valence electrons. The number of benzene rings is 1. The molecule has 0 heterocycles. The van der Waals surface area contributed by atoms with Gasteiger partial charge in [0.15, 0.2) is 11.6 Å². The summed E-state index contributed by atoms with van der Waals surface area (Å²) in [7, 11) is 0. The fraction of sp³-hybridized carbons (Fsp3) is 0.231. The van der Waals surface area contributed by atoms with E-state index in [1.165, 1.54) is 6.92 Å². The lowest BCUT2D eigenvalue weighted by atomic mass is 10.0. The van der Waals surface area contributed by atoms with E-state index in [1.54, 1.807) is 0 Å². The van der Waals surface area contributed by atoms with Crippen molar-refractivity contribution in [2.24, 2.45) is 0 Å². The maximum Gasteiger partial charge on any atom is 0.341 e. The summed E-state index contributed by atoms with van der Waals surface area (Å²) < 4.78 is 44.4. The molecule has 0 saturated heterocycles. The quantitative estimate of drug-likeness (QED) is 0.211. The minimum absolute atomic E-state index is 0.00439. The lowest BCUT2D eigenvalue weighted by Gasteiger charge is -2.08. The molecule has 0 radical (unpaired) electrons. The van der Waals surface area contributed by atoms with Gasteiger partial charge in [0.25, 0.3) is 0 Å². The van der Waals surface area contributed by atoms with Crippen molar-refractivity contribution in [2.75, 3.05) is 6.61 Å². The summed E-state index contributed by atoms with van der Waals surface area (Å²) >= 11 is 0. The number of Topliss-reactive ketones (excluding diaryl/α,β-unsaturated/α-hetero) is 1. The zero-order valence-electron chi connectivity index (χ0n) is 10.4. The SMILES string of the molecule is C=C(C(=O)OCC)C(=O)c1cc(F)c(F)c(C)c1F. The van der Waals surface area contributed by atoms with Crippen molar-refractivity contribution in [1.82, 2.24) is 0 Å². The number of esters is 1. The zero-order valence-corrected chi connectivity index (χ0v) is 10.4. The Bertz CT molecular complexity index is 565. The number of halogens is 3. The molecular formula is C13H11F3O3. The number of carbonyl (C=O) groups excluding carboxylic acids is 2. The molecule has 0 atom stereocenters. The van der Waals surface area contributed by atoms with Gasteiger partial charge in [0, 0.05) is 5.56 Å². The molecule has 0 unspecified atom stereocenters. The monoisotopic (exact) mass is 272 g/mol. The van der Waals surface area contributed by atoms with E-state index in [4.69, 9.17) is 0 Å². The van der Waals surface area contributed by atoms with Crippen LogP contribution in [-0.2, 0) is 9.53 Å². The van der Waals surface area contributed by atoms with Crippen molar-refractivity contribution >= 4 is 11.8 Å². The van der Waals surface area contributed by atoms with Crippen LogP contribution in [0.4, 0.5) is 13.2 Å². The van der Waals surface area contributed by atoms with Crippen LogP contribution in [0.3, 0.4) is 0 Å². The van der Waals surface area contributed by atoms with Crippen LogP contribution < -0.4 is 0 Å². The average molecular weight is 272 g/mol. The molecule has 0 amide bonds. The van der Waals surface area contributed by atoms with Crippen LogP contribution >= 0.6 is 0 Å². The smallest absolute Gasteiger partial charge is 0.341 e. The molecule has 0 aliphatic heterocycles. The van der Waals surface area contributed by atoms with Crippen molar-refractivity contribution in [3.05, 3.63) is 46.8 Å². The van der Waals surface area contributed by atoms with Crippen molar-refractivity contribution in [3.63, 3.8) is 0 Å². The van der Waals surface area contributed by atoms with E-state index in [0.717, 1.165) is 6.92 Å². The standard InChI is InChI=1S/C13H11F3O3/c1-4-19-13(18)7(3)12(17)8-5-9(14)11(16)6(2)10(8)15/h5H,3-4H2,1-2H3. The Balaban J connectivity index is 3.21. The van der Waals surface area contributed by atoms with Gasteiger partial charge in [-0.15, -0.1) is 0 Å². The molecule has 6 heteroatoms. The molecule has 0 aliphatic rings. The second-order valence-electron chi connectivity index (χ2n) is 3.69. The van der Waals surface area contributed by atoms with E-state index in [0.29, 0.717) is 6.07 Å². The number of hydrogen-bond acceptors (Lipinski definition) is 3. The molecule has 1 rings (SSSR count). The largest absolute Gasteiger partial charge is 0.462 e. The molecule has 0 bridgehead atoms. The Morgan fingerprint density at radius 1 is 1.26 bits per heavy atom. The molecule has 0 saturated carbocycles. The topological polar surface area (TPSA) is 43.4 Å². The highest BCUT2D eigenvalue weighted by atomic mass is 19.2. The molecule has 0 N–H and O–H groups in total. The first-order valence-corrected chi connectivity index (χ1v) is 5.36. The van der Waals surface area contributed by atoms with E-state index >= 15 is 0 Å². The molecule has 0 fully saturated rings. The van der Waals surface area contributed by atoms with Gasteiger partial charge in [0.2, 0.25) is 5.78 Å². The number of ketones is 1. The van der Waals surface area contributed by atoms with E-state index in [-0.39, 0.29) is 6.61 Å². The van der Waals surface area contributed by atoms with Crippen molar-refractivity contribution in [2.45, 2.75) is 13.8 Å². The average Bonchev–Trinajstić information content (AvgIpc) is 2.39. The van der Waals surface area contributed by atoms with E-state index in [9.17, 15) is 22.8 Å². The van der Waals surface area contributed by atoms with Crippen LogP contribution in [0.15, 0.2) is 18.2 Å². The maximum absolute atomic E-state index is 13.7. The van der Waals surface area contributed by atoms with Crippen molar-refractivity contribution < 1.29 is 27.5 Å². The van der Waals surface area contributed by atoms with Gasteiger partial charge in [-0.2, -0.15) is 0 Å². The zero-order chi connectivity index (χ0) is 14.7. The first kappa shape index (κ1) is 14.9. The van der Waals surface area contributed by atoms with Gasteiger partial charge >= 0.3 is 5.97 Å². The lowest BCUT2D eigenvalue weighted by molar-refractivity contribution is -0.138. The second-order valence-corrected chi connectivity index (χ2v) is 3.69. The Morgan fingerprint density at radius 2 is 1.84 bits per heavy atom. The molecular weight excluding hydrogens is 261 g/mol. The number of rotatable bonds is 4.